The fraction of sp³-hybridized carbons (Fsp3) is 0.421. The summed E-state index contributed by atoms with van der Waals surface area (Å²) in [6.45, 7) is 2.17. The molecule has 24 heavy (non-hydrogen) atoms. The molecule has 0 spiro atoms. The van der Waals surface area contributed by atoms with Crippen LogP contribution in [-0.4, -0.2) is 30.2 Å². The van der Waals surface area contributed by atoms with Gasteiger partial charge in [0.15, 0.2) is 6.17 Å². The number of fused-ring (bicyclic) bond motifs is 1. The molecule has 1 aromatic carbocycles. The van der Waals surface area contributed by atoms with Crippen LogP contribution < -0.4 is 15.4 Å². The van der Waals surface area contributed by atoms with Crippen LogP contribution >= 0.6 is 0 Å². The van der Waals surface area contributed by atoms with Gasteiger partial charge in [0, 0.05) is 35.8 Å². The summed E-state index contributed by atoms with van der Waals surface area (Å²) in [6, 6.07) is 8.51. The highest BCUT2D eigenvalue weighted by Crippen LogP contribution is 2.36. The van der Waals surface area contributed by atoms with Crippen LogP contribution in [0.3, 0.4) is 0 Å². The molecule has 126 valence electrons. The number of hydrogen-bond donors (Lipinski definition) is 2. The average Bonchev–Trinajstić information content (AvgIpc) is 3.23. The summed E-state index contributed by atoms with van der Waals surface area (Å²) in [5, 5.41) is 6.65. The van der Waals surface area contributed by atoms with Gasteiger partial charge in [-0.2, -0.15) is 0 Å². The maximum Gasteiger partial charge on any atom is 0.202 e. The Hall–Kier alpha value is -2.43. The molecule has 0 amide bonds. The van der Waals surface area contributed by atoms with E-state index in [2.05, 4.69) is 34.9 Å². The van der Waals surface area contributed by atoms with E-state index in [1.54, 1.807) is 7.11 Å². The van der Waals surface area contributed by atoms with E-state index in [1.807, 2.05) is 24.3 Å². The summed E-state index contributed by atoms with van der Waals surface area (Å²) in [4.78, 5) is 7.38. The van der Waals surface area contributed by atoms with Crippen molar-refractivity contribution in [1.82, 2.24) is 10.2 Å². The van der Waals surface area contributed by atoms with Gasteiger partial charge in [0.2, 0.25) is 5.96 Å². The molecule has 1 atom stereocenters. The van der Waals surface area contributed by atoms with E-state index in [0.717, 1.165) is 17.4 Å². The Kier molecular flexibility index (Phi) is 3.92. The standard InChI is InChI=1S/C19H24N4O/c1-13-12-23(15-7-3-4-8-15)18-17(13)11-20-19(22-18)21-14-6-5-9-16(10-14)24-2/h5-6,9-12,15,18H,3-4,7-8H2,1-2H3,(H2,20,21,22). The van der Waals surface area contributed by atoms with Crippen LogP contribution in [0.2, 0.25) is 0 Å². The lowest BCUT2D eigenvalue weighted by Crippen LogP contribution is -2.41. The first kappa shape index (κ1) is 15.1. The van der Waals surface area contributed by atoms with E-state index < -0.39 is 0 Å². The smallest absolute Gasteiger partial charge is 0.202 e. The van der Waals surface area contributed by atoms with Crippen molar-refractivity contribution in [1.29, 1.82) is 0 Å². The van der Waals surface area contributed by atoms with Gasteiger partial charge in [0.25, 0.3) is 0 Å². The van der Waals surface area contributed by atoms with Crippen molar-refractivity contribution in [2.75, 3.05) is 12.4 Å². The van der Waals surface area contributed by atoms with Crippen LogP contribution in [0.4, 0.5) is 5.69 Å². The van der Waals surface area contributed by atoms with E-state index in [-0.39, 0.29) is 6.17 Å². The second kappa shape index (κ2) is 6.23. The number of ether oxygens (including phenoxy) is 1. The Morgan fingerprint density at radius 2 is 2.12 bits per heavy atom. The van der Waals surface area contributed by atoms with E-state index in [1.165, 1.54) is 36.8 Å². The SMILES string of the molecule is COc1cccc(NC2=NC3C(=CN2)C(C)=CN3C2CCCC2)c1. The van der Waals surface area contributed by atoms with Gasteiger partial charge in [-0.05, 0) is 37.5 Å². The summed E-state index contributed by atoms with van der Waals surface area (Å²) >= 11 is 0. The van der Waals surface area contributed by atoms with Crippen molar-refractivity contribution in [3.8, 4) is 5.75 Å². The Morgan fingerprint density at radius 1 is 1.29 bits per heavy atom. The molecular weight excluding hydrogens is 300 g/mol. The highest BCUT2D eigenvalue weighted by Gasteiger charge is 2.35. The van der Waals surface area contributed by atoms with Crippen LogP contribution in [0.25, 0.3) is 0 Å². The van der Waals surface area contributed by atoms with Crippen LogP contribution in [0.15, 0.2) is 52.8 Å². The number of aliphatic imine (C=N–C) groups is 1. The third kappa shape index (κ3) is 2.75. The number of hydrogen-bond acceptors (Lipinski definition) is 5. The molecule has 1 fully saturated rings. The summed E-state index contributed by atoms with van der Waals surface area (Å²) < 4.78 is 5.28. The van der Waals surface area contributed by atoms with Gasteiger partial charge in [-0.1, -0.05) is 18.9 Å². The van der Waals surface area contributed by atoms with Crippen LogP contribution in [0.5, 0.6) is 5.75 Å². The zero-order chi connectivity index (χ0) is 16.5. The van der Waals surface area contributed by atoms with Gasteiger partial charge in [-0.15, -0.1) is 0 Å². The van der Waals surface area contributed by atoms with Crippen molar-refractivity contribution >= 4 is 11.6 Å². The maximum atomic E-state index is 5.28. The fourth-order valence-electron chi connectivity index (χ4n) is 3.78. The van der Waals surface area contributed by atoms with Crippen LogP contribution in [-0.2, 0) is 0 Å². The quantitative estimate of drug-likeness (QED) is 0.894. The maximum absolute atomic E-state index is 5.28. The molecule has 1 aliphatic carbocycles. The minimum Gasteiger partial charge on any atom is -0.497 e. The molecule has 2 heterocycles. The van der Waals surface area contributed by atoms with Gasteiger partial charge in [0.05, 0.1) is 7.11 Å². The molecule has 5 heteroatoms. The molecule has 2 N–H and O–H groups in total. The molecule has 4 rings (SSSR count). The number of benzene rings is 1. The number of nitrogens with zero attached hydrogens (tertiary/aromatic N) is 2. The molecule has 5 nitrogen and oxygen atoms in total. The lowest BCUT2D eigenvalue weighted by atomic mass is 10.1. The number of anilines is 1. The Bertz CT molecular complexity index is 716. The van der Waals surface area contributed by atoms with Crippen molar-refractivity contribution in [2.45, 2.75) is 44.8 Å². The Balaban J connectivity index is 1.54. The zero-order valence-electron chi connectivity index (χ0n) is 14.2. The van der Waals surface area contributed by atoms with Crippen molar-refractivity contribution in [3.05, 3.63) is 47.8 Å². The topological polar surface area (TPSA) is 48.9 Å². The second-order valence-electron chi connectivity index (χ2n) is 6.65. The molecule has 2 aliphatic heterocycles. The van der Waals surface area contributed by atoms with Gasteiger partial charge in [-0.3, -0.25) is 0 Å². The van der Waals surface area contributed by atoms with Crippen molar-refractivity contribution < 1.29 is 4.74 Å². The van der Waals surface area contributed by atoms with E-state index in [4.69, 9.17) is 9.73 Å². The van der Waals surface area contributed by atoms with E-state index in [0.29, 0.717) is 6.04 Å². The number of nitrogens with one attached hydrogen (secondary N) is 2. The molecule has 0 aromatic heterocycles. The predicted octanol–water partition coefficient (Wildman–Crippen LogP) is 3.44. The molecule has 0 radical (unpaired) electrons. The molecule has 0 saturated heterocycles. The Morgan fingerprint density at radius 3 is 2.92 bits per heavy atom. The average molecular weight is 324 g/mol. The summed E-state index contributed by atoms with van der Waals surface area (Å²) in [5.74, 6) is 1.61. The first-order valence-electron chi connectivity index (χ1n) is 8.66. The van der Waals surface area contributed by atoms with Gasteiger partial charge in [-0.25, -0.2) is 4.99 Å². The lowest BCUT2D eigenvalue weighted by Gasteiger charge is -2.31. The van der Waals surface area contributed by atoms with E-state index in [9.17, 15) is 0 Å². The molecule has 1 aromatic rings. The summed E-state index contributed by atoms with van der Waals surface area (Å²) in [5.41, 5.74) is 3.55. The first-order chi connectivity index (χ1) is 11.7. The van der Waals surface area contributed by atoms with Crippen molar-refractivity contribution in [3.63, 3.8) is 0 Å². The van der Waals surface area contributed by atoms with Gasteiger partial charge >= 0.3 is 0 Å². The monoisotopic (exact) mass is 324 g/mol. The Labute approximate surface area is 143 Å². The predicted molar refractivity (Wildman–Crippen MR) is 96.9 cm³/mol. The molecule has 0 bridgehead atoms. The number of rotatable bonds is 3. The third-order valence-corrected chi connectivity index (χ3v) is 5.05. The highest BCUT2D eigenvalue weighted by molar-refractivity contribution is 5.95. The second-order valence-corrected chi connectivity index (χ2v) is 6.65. The van der Waals surface area contributed by atoms with Crippen LogP contribution in [0.1, 0.15) is 32.6 Å². The molecule has 3 aliphatic rings. The molecule has 1 saturated carbocycles. The lowest BCUT2D eigenvalue weighted by molar-refractivity contribution is 0.247. The zero-order valence-corrected chi connectivity index (χ0v) is 14.2. The molecular formula is C19H24N4O. The highest BCUT2D eigenvalue weighted by atomic mass is 16.5. The van der Waals surface area contributed by atoms with Gasteiger partial charge < -0.3 is 20.3 Å². The number of methoxy groups -OCH3 is 1. The first-order valence-corrected chi connectivity index (χ1v) is 8.66. The normalized spacial score (nSPS) is 23.2. The molecule has 1 unspecified atom stereocenters. The largest absolute Gasteiger partial charge is 0.497 e. The van der Waals surface area contributed by atoms with E-state index >= 15 is 0 Å². The minimum absolute atomic E-state index is 0.0995. The van der Waals surface area contributed by atoms with Crippen LogP contribution in [0, 0.1) is 0 Å². The van der Waals surface area contributed by atoms with Gasteiger partial charge in [0.1, 0.15) is 5.75 Å². The third-order valence-electron chi connectivity index (χ3n) is 5.05. The summed E-state index contributed by atoms with van der Waals surface area (Å²) in [6.07, 6.45) is 9.67. The number of guanidine groups is 1. The minimum atomic E-state index is 0.0995. The fourth-order valence-corrected chi connectivity index (χ4v) is 3.78. The van der Waals surface area contributed by atoms with Crippen molar-refractivity contribution in [2.24, 2.45) is 4.99 Å². The summed E-state index contributed by atoms with van der Waals surface area (Å²) in [7, 11) is 1.68.